The molecule has 0 unspecified atom stereocenters. The summed E-state index contributed by atoms with van der Waals surface area (Å²) in [5.74, 6) is -0.246. The second-order valence-corrected chi connectivity index (χ2v) is 5.65. The Balaban J connectivity index is 1.92. The fourth-order valence-corrected chi connectivity index (χ4v) is 3.18. The zero-order valence-corrected chi connectivity index (χ0v) is 11.3. The van der Waals surface area contributed by atoms with Gasteiger partial charge in [0.05, 0.1) is 5.75 Å². The second-order valence-electron chi connectivity index (χ2n) is 3.79. The topological polar surface area (TPSA) is 78.9 Å². The average molecular weight is 291 g/mol. The first-order valence-corrected chi connectivity index (χ1v) is 7.34. The Morgan fingerprint density at radius 3 is 3.11 bits per heavy atom. The highest BCUT2D eigenvalue weighted by molar-refractivity contribution is 7.99. The van der Waals surface area contributed by atoms with E-state index in [1.54, 1.807) is 11.3 Å². The second kappa shape index (κ2) is 5.02. The quantitative estimate of drug-likeness (QED) is 0.723. The molecular weight excluding hydrogens is 282 g/mol. The lowest BCUT2D eigenvalue weighted by Gasteiger charge is -1.93. The van der Waals surface area contributed by atoms with Crippen LogP contribution in [0.2, 0.25) is 0 Å². The van der Waals surface area contributed by atoms with Crippen LogP contribution in [-0.4, -0.2) is 32.0 Å². The molecule has 0 aliphatic heterocycles. The first-order valence-electron chi connectivity index (χ1n) is 5.47. The van der Waals surface area contributed by atoms with Crippen LogP contribution >= 0.6 is 23.1 Å². The lowest BCUT2D eigenvalue weighted by molar-refractivity contribution is -0.133. The molecule has 0 saturated heterocycles. The third-order valence-corrected chi connectivity index (χ3v) is 4.32. The summed E-state index contributed by atoms with van der Waals surface area (Å²) in [6.07, 6.45) is 0. The maximum atomic E-state index is 10.5. The molecule has 0 fully saturated rings. The van der Waals surface area contributed by atoms with Crippen molar-refractivity contribution < 1.29 is 9.90 Å². The molecule has 0 aliphatic rings. The monoisotopic (exact) mass is 291 g/mol. The molecule has 0 bridgehead atoms. The molecule has 0 saturated carbocycles. The van der Waals surface area contributed by atoms with Crippen LogP contribution in [0.25, 0.3) is 21.5 Å². The highest BCUT2D eigenvalue weighted by Crippen LogP contribution is 2.32. The Morgan fingerprint density at radius 1 is 1.42 bits per heavy atom. The van der Waals surface area contributed by atoms with Gasteiger partial charge in [0.25, 0.3) is 0 Å². The number of fused-ring (bicyclic) bond motifs is 1. The minimum absolute atomic E-state index is 0.0400. The van der Waals surface area contributed by atoms with E-state index < -0.39 is 5.97 Å². The molecular formula is C12H9N3O2S2. The van der Waals surface area contributed by atoms with Crippen LogP contribution in [0.4, 0.5) is 0 Å². The maximum absolute atomic E-state index is 10.5. The van der Waals surface area contributed by atoms with E-state index in [1.165, 1.54) is 4.70 Å². The smallest absolute Gasteiger partial charge is 0.313 e. The molecule has 0 atom stereocenters. The molecule has 7 heteroatoms. The van der Waals surface area contributed by atoms with E-state index in [0.29, 0.717) is 11.0 Å². The van der Waals surface area contributed by atoms with Crippen LogP contribution < -0.4 is 0 Å². The van der Waals surface area contributed by atoms with Gasteiger partial charge in [0.1, 0.15) is 0 Å². The van der Waals surface area contributed by atoms with Crippen molar-refractivity contribution >= 4 is 39.2 Å². The van der Waals surface area contributed by atoms with Crippen LogP contribution in [-0.2, 0) is 4.79 Å². The number of nitrogens with zero attached hydrogens (tertiary/aromatic N) is 2. The number of hydrogen-bond acceptors (Lipinski definition) is 5. The Bertz CT molecular complexity index is 735. The van der Waals surface area contributed by atoms with E-state index in [2.05, 4.69) is 21.2 Å². The van der Waals surface area contributed by atoms with Gasteiger partial charge in [0.15, 0.2) is 5.82 Å². The third-order valence-electron chi connectivity index (χ3n) is 2.53. The molecule has 5 nitrogen and oxygen atoms in total. The lowest BCUT2D eigenvalue weighted by atomic mass is 10.2. The van der Waals surface area contributed by atoms with Crippen molar-refractivity contribution in [1.82, 2.24) is 15.2 Å². The number of aromatic nitrogens is 3. The van der Waals surface area contributed by atoms with E-state index in [1.807, 2.05) is 23.6 Å². The molecule has 0 amide bonds. The van der Waals surface area contributed by atoms with Gasteiger partial charge in [0, 0.05) is 21.0 Å². The number of hydrogen-bond donors (Lipinski definition) is 2. The van der Waals surface area contributed by atoms with Crippen molar-refractivity contribution in [2.45, 2.75) is 5.16 Å². The summed E-state index contributed by atoms with van der Waals surface area (Å²) in [5, 5.41) is 19.1. The number of rotatable bonds is 4. The molecule has 1 aromatic carbocycles. The summed E-state index contributed by atoms with van der Waals surface area (Å²) in [4.78, 5) is 14.8. The molecule has 0 radical (unpaired) electrons. The van der Waals surface area contributed by atoms with Gasteiger partial charge >= 0.3 is 5.97 Å². The van der Waals surface area contributed by atoms with Crippen LogP contribution in [0.1, 0.15) is 0 Å². The van der Waals surface area contributed by atoms with Gasteiger partial charge in [-0.25, -0.2) is 4.98 Å². The van der Waals surface area contributed by atoms with Crippen LogP contribution in [0.15, 0.2) is 34.8 Å². The van der Waals surface area contributed by atoms with Crippen molar-refractivity contribution in [3.05, 3.63) is 29.6 Å². The van der Waals surface area contributed by atoms with Gasteiger partial charge in [-0.1, -0.05) is 30.0 Å². The van der Waals surface area contributed by atoms with E-state index in [-0.39, 0.29) is 5.75 Å². The zero-order valence-electron chi connectivity index (χ0n) is 9.66. The molecule has 3 aromatic rings. The van der Waals surface area contributed by atoms with Gasteiger partial charge in [-0.05, 0) is 6.07 Å². The van der Waals surface area contributed by atoms with E-state index >= 15 is 0 Å². The number of carboxylic acids is 1. The van der Waals surface area contributed by atoms with E-state index in [0.717, 1.165) is 22.7 Å². The molecule has 0 aliphatic carbocycles. The van der Waals surface area contributed by atoms with Gasteiger partial charge < -0.3 is 5.11 Å². The minimum atomic E-state index is -0.877. The number of aliphatic carboxylic acids is 1. The number of benzene rings is 1. The van der Waals surface area contributed by atoms with Crippen molar-refractivity contribution in [3.63, 3.8) is 0 Å². The summed E-state index contributed by atoms with van der Waals surface area (Å²) < 4.78 is 1.19. The van der Waals surface area contributed by atoms with E-state index in [9.17, 15) is 4.79 Å². The van der Waals surface area contributed by atoms with Crippen LogP contribution in [0.3, 0.4) is 0 Å². The number of carboxylic acid groups (broad SMARTS) is 1. The Hall–Kier alpha value is -1.86. The number of thiophene rings is 1. The fourth-order valence-electron chi connectivity index (χ4n) is 1.72. The number of nitrogens with one attached hydrogen (secondary N) is 1. The summed E-state index contributed by atoms with van der Waals surface area (Å²) in [7, 11) is 0. The van der Waals surface area contributed by atoms with Gasteiger partial charge in [-0.2, -0.15) is 0 Å². The van der Waals surface area contributed by atoms with Gasteiger partial charge in [-0.15, -0.1) is 16.4 Å². The molecule has 0 spiro atoms. The van der Waals surface area contributed by atoms with Crippen molar-refractivity contribution in [1.29, 1.82) is 0 Å². The molecule has 3 rings (SSSR count). The highest BCUT2D eigenvalue weighted by Gasteiger charge is 2.11. The van der Waals surface area contributed by atoms with Crippen LogP contribution in [0, 0.1) is 0 Å². The van der Waals surface area contributed by atoms with Crippen LogP contribution in [0.5, 0.6) is 0 Å². The standard InChI is InChI=1S/C12H9N3O2S2/c16-10(17)6-19-12-13-11(14-15-12)8-5-18-9-4-2-1-3-7(8)9/h1-5H,6H2,(H,16,17)(H,13,14,15). The SMILES string of the molecule is O=C(O)CSc1n[nH]c(-c2csc3ccccc23)n1. The fraction of sp³-hybridized carbons (Fsp3) is 0.0833. The number of aromatic amines is 1. The molecule has 2 heterocycles. The lowest BCUT2D eigenvalue weighted by Crippen LogP contribution is -1.97. The first kappa shape index (κ1) is 12.2. The normalized spacial score (nSPS) is 10.9. The Morgan fingerprint density at radius 2 is 2.26 bits per heavy atom. The predicted octanol–water partition coefficient (Wildman–Crippen LogP) is 2.86. The minimum Gasteiger partial charge on any atom is -0.481 e. The Kier molecular flexibility index (Phi) is 3.22. The number of H-pyrrole nitrogens is 1. The van der Waals surface area contributed by atoms with Gasteiger partial charge in [0.2, 0.25) is 5.16 Å². The molecule has 2 N–H and O–H groups in total. The average Bonchev–Trinajstić information content (AvgIpc) is 3.02. The largest absolute Gasteiger partial charge is 0.481 e. The highest BCUT2D eigenvalue weighted by atomic mass is 32.2. The summed E-state index contributed by atoms with van der Waals surface area (Å²) in [6, 6.07) is 8.07. The van der Waals surface area contributed by atoms with Crippen molar-refractivity contribution in [3.8, 4) is 11.4 Å². The molecule has 96 valence electrons. The summed E-state index contributed by atoms with van der Waals surface area (Å²) in [5.41, 5.74) is 0.996. The molecule has 19 heavy (non-hydrogen) atoms. The number of thioether (sulfide) groups is 1. The van der Waals surface area contributed by atoms with Crippen molar-refractivity contribution in [2.75, 3.05) is 5.75 Å². The third kappa shape index (κ3) is 2.47. The number of carbonyl (C=O) groups is 1. The van der Waals surface area contributed by atoms with Crippen molar-refractivity contribution in [2.24, 2.45) is 0 Å². The first-order chi connectivity index (χ1) is 9.24. The molecule has 2 aromatic heterocycles. The van der Waals surface area contributed by atoms with E-state index in [4.69, 9.17) is 5.11 Å². The van der Waals surface area contributed by atoms with Gasteiger partial charge in [-0.3, -0.25) is 9.89 Å². The summed E-state index contributed by atoms with van der Waals surface area (Å²) >= 11 is 2.75. The summed E-state index contributed by atoms with van der Waals surface area (Å²) in [6.45, 7) is 0. The predicted molar refractivity (Wildman–Crippen MR) is 75.6 cm³/mol. The Labute approximate surface area is 116 Å². The zero-order chi connectivity index (χ0) is 13.2. The maximum Gasteiger partial charge on any atom is 0.313 e.